The summed E-state index contributed by atoms with van der Waals surface area (Å²) in [6, 6.07) is 11.7. The van der Waals surface area contributed by atoms with Crippen LogP contribution in [0.2, 0.25) is 0 Å². The van der Waals surface area contributed by atoms with Crippen LogP contribution in [0.3, 0.4) is 0 Å². The van der Waals surface area contributed by atoms with Crippen LogP contribution in [-0.4, -0.2) is 9.51 Å². The molecule has 108 valence electrons. The minimum Gasteiger partial charge on any atom is -0.506 e. The summed E-state index contributed by atoms with van der Waals surface area (Å²) < 4.78 is 1.74. The van der Waals surface area contributed by atoms with E-state index in [0.717, 1.165) is 47.5 Å². The number of hydrogen-bond donors (Lipinski definition) is 1. The average molecular weight is 289 g/mol. The molecule has 1 aliphatic carbocycles. The van der Waals surface area contributed by atoms with Crippen molar-refractivity contribution >= 4 is 27.2 Å². The molecule has 3 heteroatoms. The Hall–Kier alpha value is -2.55. The maximum Gasteiger partial charge on any atom is 0.259 e. The van der Waals surface area contributed by atoms with Crippen LogP contribution >= 0.6 is 0 Å². The van der Waals surface area contributed by atoms with Crippen molar-refractivity contribution < 1.29 is 5.11 Å². The molecule has 0 unspecified atom stereocenters. The Kier molecular flexibility index (Phi) is 2.19. The molecule has 0 spiro atoms. The Morgan fingerprint density at radius 1 is 0.818 bits per heavy atom. The molecule has 0 amide bonds. The van der Waals surface area contributed by atoms with Crippen LogP contribution in [0, 0.1) is 0 Å². The highest BCUT2D eigenvalue weighted by molar-refractivity contribution is 6.15. The first-order valence-electron chi connectivity index (χ1n) is 7.79. The van der Waals surface area contributed by atoms with E-state index in [2.05, 4.69) is 12.1 Å². The highest BCUT2D eigenvalue weighted by Gasteiger charge is 2.23. The lowest BCUT2D eigenvalue weighted by atomic mass is 9.89. The summed E-state index contributed by atoms with van der Waals surface area (Å²) in [4.78, 5) is 13.1. The molecule has 0 saturated carbocycles. The molecule has 0 fully saturated rings. The molecule has 4 aromatic rings. The lowest BCUT2D eigenvalue weighted by molar-refractivity contribution is 0.480. The molecule has 1 aliphatic rings. The number of aryl methyl sites for hydroxylation is 1. The second kappa shape index (κ2) is 4.01. The molecule has 0 radical (unpaired) electrons. The van der Waals surface area contributed by atoms with Crippen molar-refractivity contribution in [2.75, 3.05) is 0 Å². The number of fused-ring (bicyclic) bond motifs is 5. The van der Waals surface area contributed by atoms with Gasteiger partial charge >= 0.3 is 0 Å². The fraction of sp³-hybridized carbons (Fsp3) is 0.211. The highest BCUT2D eigenvalue weighted by atomic mass is 16.3. The molecule has 2 aromatic carbocycles. The van der Waals surface area contributed by atoms with Gasteiger partial charge in [0.1, 0.15) is 5.75 Å². The second-order valence-electron chi connectivity index (χ2n) is 6.18. The quantitative estimate of drug-likeness (QED) is 0.537. The molecule has 0 saturated heterocycles. The SMILES string of the molecule is O=c1c2c(c3cccc4c5cccc(O)c5n1c34)CCCC2. The number of aromatic hydroxyl groups is 1. The number of rotatable bonds is 0. The van der Waals surface area contributed by atoms with E-state index < -0.39 is 0 Å². The molecule has 1 N–H and O–H groups in total. The van der Waals surface area contributed by atoms with Gasteiger partial charge in [-0.25, -0.2) is 0 Å². The van der Waals surface area contributed by atoms with Crippen LogP contribution in [0.5, 0.6) is 5.75 Å². The Labute approximate surface area is 126 Å². The normalized spacial score (nSPS) is 14.9. The van der Waals surface area contributed by atoms with Gasteiger partial charge < -0.3 is 5.11 Å². The molecule has 5 rings (SSSR count). The summed E-state index contributed by atoms with van der Waals surface area (Å²) in [5.74, 6) is 0.174. The van der Waals surface area contributed by atoms with Crippen molar-refractivity contribution in [2.24, 2.45) is 0 Å². The van der Waals surface area contributed by atoms with Gasteiger partial charge in [-0.3, -0.25) is 9.20 Å². The molecule has 22 heavy (non-hydrogen) atoms. The van der Waals surface area contributed by atoms with Crippen LogP contribution in [0.15, 0.2) is 41.2 Å². The largest absolute Gasteiger partial charge is 0.506 e. The molecule has 3 nitrogen and oxygen atoms in total. The first-order valence-corrected chi connectivity index (χ1v) is 7.79. The van der Waals surface area contributed by atoms with Gasteiger partial charge in [0.05, 0.1) is 11.0 Å². The van der Waals surface area contributed by atoms with Crippen LogP contribution in [0.1, 0.15) is 24.0 Å². The zero-order chi connectivity index (χ0) is 14.8. The van der Waals surface area contributed by atoms with Gasteiger partial charge in [0, 0.05) is 21.7 Å². The monoisotopic (exact) mass is 289 g/mol. The molecular formula is C19H15NO2. The van der Waals surface area contributed by atoms with Gasteiger partial charge in [0.25, 0.3) is 5.56 Å². The minimum absolute atomic E-state index is 0.0508. The van der Waals surface area contributed by atoms with E-state index in [1.807, 2.05) is 18.2 Å². The Morgan fingerprint density at radius 3 is 2.27 bits per heavy atom. The zero-order valence-electron chi connectivity index (χ0n) is 12.1. The highest BCUT2D eigenvalue weighted by Crippen LogP contribution is 2.37. The zero-order valence-corrected chi connectivity index (χ0v) is 12.1. The Morgan fingerprint density at radius 2 is 1.45 bits per heavy atom. The van der Waals surface area contributed by atoms with Crippen molar-refractivity contribution in [1.82, 2.24) is 4.40 Å². The number of aromatic nitrogens is 1. The molecular weight excluding hydrogens is 274 g/mol. The smallest absolute Gasteiger partial charge is 0.259 e. The number of phenolic OH excluding ortho intramolecular Hbond substituents is 1. The number of hydrogen-bond acceptors (Lipinski definition) is 2. The van der Waals surface area contributed by atoms with Crippen molar-refractivity contribution in [1.29, 1.82) is 0 Å². The third-order valence-corrected chi connectivity index (χ3v) is 5.04. The number of para-hydroxylation sites is 2. The number of benzene rings is 2. The third-order valence-electron chi connectivity index (χ3n) is 5.04. The third kappa shape index (κ3) is 1.29. The summed E-state index contributed by atoms with van der Waals surface area (Å²) >= 11 is 0. The van der Waals surface area contributed by atoms with E-state index in [-0.39, 0.29) is 11.3 Å². The summed E-state index contributed by atoms with van der Waals surface area (Å²) in [6.07, 6.45) is 4.04. The predicted molar refractivity (Wildman–Crippen MR) is 88.2 cm³/mol. The van der Waals surface area contributed by atoms with Crippen molar-refractivity contribution in [3.63, 3.8) is 0 Å². The van der Waals surface area contributed by atoms with Gasteiger partial charge in [-0.05, 0) is 37.3 Å². The Balaban J connectivity index is 2.20. The maximum atomic E-state index is 13.1. The number of pyridine rings is 1. The van der Waals surface area contributed by atoms with Gasteiger partial charge in [-0.2, -0.15) is 0 Å². The summed E-state index contributed by atoms with van der Waals surface area (Å²) in [5.41, 5.74) is 3.82. The van der Waals surface area contributed by atoms with E-state index in [1.165, 1.54) is 10.9 Å². The second-order valence-corrected chi connectivity index (χ2v) is 6.18. The molecule has 0 aliphatic heterocycles. The van der Waals surface area contributed by atoms with E-state index in [9.17, 15) is 9.90 Å². The molecule has 0 atom stereocenters. The van der Waals surface area contributed by atoms with Crippen LogP contribution in [0.4, 0.5) is 0 Å². The average Bonchev–Trinajstić information content (AvgIpc) is 2.90. The summed E-state index contributed by atoms with van der Waals surface area (Å²) in [5, 5.41) is 13.5. The van der Waals surface area contributed by atoms with Crippen molar-refractivity contribution in [2.45, 2.75) is 25.7 Å². The lowest BCUT2D eigenvalue weighted by Gasteiger charge is -2.18. The van der Waals surface area contributed by atoms with Gasteiger partial charge in [-0.1, -0.05) is 30.3 Å². The summed E-state index contributed by atoms with van der Waals surface area (Å²) in [7, 11) is 0. The fourth-order valence-electron chi connectivity index (χ4n) is 4.12. The lowest BCUT2D eigenvalue weighted by Crippen LogP contribution is -2.22. The van der Waals surface area contributed by atoms with Gasteiger partial charge in [0.15, 0.2) is 0 Å². The van der Waals surface area contributed by atoms with Gasteiger partial charge in [-0.15, -0.1) is 0 Å². The standard InChI is InChI=1S/C19H15NO2/c21-16-10-4-9-14-13-8-3-7-12-11-5-1-2-6-15(11)19(22)20(17(12)13)18(14)16/h3-4,7-10,21H,1-2,5-6H2. The molecule has 0 bridgehead atoms. The first-order chi connectivity index (χ1) is 10.8. The van der Waals surface area contributed by atoms with Crippen LogP contribution in [0.25, 0.3) is 27.2 Å². The van der Waals surface area contributed by atoms with E-state index in [0.29, 0.717) is 5.52 Å². The topological polar surface area (TPSA) is 41.7 Å². The minimum atomic E-state index is 0.0508. The summed E-state index contributed by atoms with van der Waals surface area (Å²) in [6.45, 7) is 0. The maximum absolute atomic E-state index is 13.1. The number of nitrogens with zero attached hydrogens (tertiary/aromatic N) is 1. The van der Waals surface area contributed by atoms with Crippen LogP contribution < -0.4 is 5.56 Å². The van der Waals surface area contributed by atoms with Crippen LogP contribution in [-0.2, 0) is 12.8 Å². The number of phenols is 1. The van der Waals surface area contributed by atoms with E-state index in [1.54, 1.807) is 10.5 Å². The van der Waals surface area contributed by atoms with Gasteiger partial charge in [0.2, 0.25) is 0 Å². The Bertz CT molecular complexity index is 1110. The van der Waals surface area contributed by atoms with E-state index >= 15 is 0 Å². The first kappa shape index (κ1) is 12.0. The van der Waals surface area contributed by atoms with Crippen molar-refractivity contribution in [3.05, 3.63) is 57.9 Å². The van der Waals surface area contributed by atoms with E-state index in [4.69, 9.17) is 0 Å². The van der Waals surface area contributed by atoms with Crippen molar-refractivity contribution in [3.8, 4) is 5.75 Å². The fourth-order valence-corrected chi connectivity index (χ4v) is 4.12. The molecule has 2 aromatic heterocycles. The predicted octanol–water partition coefficient (Wildman–Crippen LogP) is 3.63. The molecule has 2 heterocycles.